The predicted molar refractivity (Wildman–Crippen MR) is 97.3 cm³/mol. The quantitative estimate of drug-likeness (QED) is 0.604. The Morgan fingerprint density at radius 1 is 1.15 bits per heavy atom. The maximum Gasteiger partial charge on any atom is 0.282 e. The molecule has 2 aliphatic rings. The number of nitro groups is 1. The van der Waals surface area contributed by atoms with Gasteiger partial charge in [0.05, 0.1) is 4.92 Å². The summed E-state index contributed by atoms with van der Waals surface area (Å²) in [6.07, 6.45) is 3.45. The summed E-state index contributed by atoms with van der Waals surface area (Å²) in [4.78, 5) is 41.3. The second-order valence-corrected chi connectivity index (χ2v) is 7.04. The maximum absolute atomic E-state index is 12.8. The van der Waals surface area contributed by atoms with Gasteiger partial charge in [-0.1, -0.05) is 0 Å². The van der Waals surface area contributed by atoms with Crippen LogP contribution in [0.4, 0.5) is 11.4 Å². The summed E-state index contributed by atoms with van der Waals surface area (Å²) in [5.74, 6) is -0.293. The minimum Gasteiger partial charge on any atom is -0.359 e. The van der Waals surface area contributed by atoms with E-state index in [1.807, 2.05) is 4.90 Å². The molecule has 2 aliphatic heterocycles. The fourth-order valence-corrected chi connectivity index (χ4v) is 3.75. The molecule has 0 bridgehead atoms. The summed E-state index contributed by atoms with van der Waals surface area (Å²) in [7, 11) is 3.44. The van der Waals surface area contributed by atoms with E-state index in [9.17, 15) is 19.7 Å². The highest BCUT2D eigenvalue weighted by atomic mass is 16.6. The van der Waals surface area contributed by atoms with Crippen molar-refractivity contribution in [1.82, 2.24) is 9.80 Å². The molecule has 8 heteroatoms. The molecular formula is C18H24N4O4. The largest absolute Gasteiger partial charge is 0.359 e. The van der Waals surface area contributed by atoms with Crippen molar-refractivity contribution in [1.29, 1.82) is 0 Å². The molecule has 3 rings (SSSR count). The third-order valence-electron chi connectivity index (χ3n) is 5.11. The van der Waals surface area contributed by atoms with Crippen molar-refractivity contribution in [3.05, 3.63) is 33.9 Å². The number of likely N-dealkylation sites (tertiary alicyclic amines) is 1. The molecule has 2 fully saturated rings. The first-order valence-electron chi connectivity index (χ1n) is 8.95. The van der Waals surface area contributed by atoms with Gasteiger partial charge in [-0.05, 0) is 37.8 Å². The van der Waals surface area contributed by atoms with Crippen molar-refractivity contribution in [3.63, 3.8) is 0 Å². The number of hydrogen-bond donors (Lipinski definition) is 0. The molecule has 0 radical (unpaired) electrons. The number of likely N-dealkylation sites (N-methyl/N-ethyl adjacent to an activating group) is 1. The van der Waals surface area contributed by atoms with Crippen LogP contribution in [-0.2, 0) is 4.79 Å². The molecule has 1 aromatic carbocycles. The Morgan fingerprint density at radius 2 is 1.85 bits per heavy atom. The minimum absolute atomic E-state index is 0.00766. The average Bonchev–Trinajstić information content (AvgIpc) is 3.31. The number of rotatable bonds is 4. The van der Waals surface area contributed by atoms with Gasteiger partial charge in [-0.25, -0.2) is 0 Å². The van der Waals surface area contributed by atoms with Gasteiger partial charge in [0.2, 0.25) is 5.91 Å². The average molecular weight is 360 g/mol. The van der Waals surface area contributed by atoms with Crippen LogP contribution in [0, 0.1) is 10.1 Å². The molecule has 0 spiro atoms. The van der Waals surface area contributed by atoms with Gasteiger partial charge in [-0.15, -0.1) is 0 Å². The Balaban J connectivity index is 1.96. The number of amides is 2. The Hall–Kier alpha value is -2.64. The van der Waals surface area contributed by atoms with Crippen LogP contribution in [0.3, 0.4) is 0 Å². The van der Waals surface area contributed by atoms with Gasteiger partial charge >= 0.3 is 0 Å². The summed E-state index contributed by atoms with van der Waals surface area (Å²) in [6, 6.07) is 4.31. The Bertz CT molecular complexity index is 728. The molecule has 1 aromatic rings. The highest BCUT2D eigenvalue weighted by Crippen LogP contribution is 2.31. The van der Waals surface area contributed by atoms with E-state index in [1.54, 1.807) is 36.0 Å². The first-order chi connectivity index (χ1) is 12.4. The SMILES string of the molecule is CN(C)C(=O)C1CCCN1c1ccc([N+](=O)[O-])c(C(=O)N2CCCC2)c1. The molecule has 0 aliphatic carbocycles. The Labute approximate surface area is 152 Å². The lowest BCUT2D eigenvalue weighted by Gasteiger charge is -2.28. The topological polar surface area (TPSA) is 87.0 Å². The van der Waals surface area contributed by atoms with Crippen molar-refractivity contribution < 1.29 is 14.5 Å². The number of benzene rings is 1. The molecule has 26 heavy (non-hydrogen) atoms. The van der Waals surface area contributed by atoms with E-state index in [0.717, 1.165) is 25.7 Å². The summed E-state index contributed by atoms with van der Waals surface area (Å²) in [5.41, 5.74) is 0.619. The fourth-order valence-electron chi connectivity index (χ4n) is 3.75. The molecule has 2 saturated heterocycles. The zero-order valence-electron chi connectivity index (χ0n) is 15.2. The molecule has 0 saturated carbocycles. The van der Waals surface area contributed by atoms with E-state index in [4.69, 9.17) is 0 Å². The van der Waals surface area contributed by atoms with Crippen LogP contribution in [-0.4, -0.2) is 66.3 Å². The molecule has 2 amide bonds. The Kier molecular flexibility index (Phi) is 5.11. The summed E-state index contributed by atoms with van der Waals surface area (Å²) in [5, 5.41) is 11.4. The van der Waals surface area contributed by atoms with E-state index in [0.29, 0.717) is 25.3 Å². The van der Waals surface area contributed by atoms with Crippen LogP contribution in [0.2, 0.25) is 0 Å². The lowest BCUT2D eigenvalue weighted by Crippen LogP contribution is -2.42. The zero-order valence-corrected chi connectivity index (χ0v) is 15.2. The molecule has 1 unspecified atom stereocenters. The predicted octanol–water partition coefficient (Wildman–Crippen LogP) is 1.89. The van der Waals surface area contributed by atoms with Crippen LogP contribution in [0.5, 0.6) is 0 Å². The van der Waals surface area contributed by atoms with Crippen LogP contribution < -0.4 is 4.90 Å². The van der Waals surface area contributed by atoms with Crippen LogP contribution in [0.15, 0.2) is 18.2 Å². The smallest absolute Gasteiger partial charge is 0.282 e. The highest BCUT2D eigenvalue weighted by Gasteiger charge is 2.34. The van der Waals surface area contributed by atoms with Gasteiger partial charge in [0.25, 0.3) is 11.6 Å². The second kappa shape index (κ2) is 7.31. The van der Waals surface area contributed by atoms with Gasteiger partial charge in [0.15, 0.2) is 0 Å². The van der Waals surface area contributed by atoms with Crippen molar-refractivity contribution in [2.75, 3.05) is 38.6 Å². The number of anilines is 1. The van der Waals surface area contributed by atoms with E-state index in [2.05, 4.69) is 0 Å². The maximum atomic E-state index is 12.8. The van der Waals surface area contributed by atoms with Crippen molar-refractivity contribution in [3.8, 4) is 0 Å². The molecule has 140 valence electrons. The van der Waals surface area contributed by atoms with E-state index >= 15 is 0 Å². The third-order valence-corrected chi connectivity index (χ3v) is 5.11. The standard InChI is InChI=1S/C18H24N4O4/c1-19(2)18(24)16-6-5-11-21(16)13-7-8-15(22(25)26)14(12-13)17(23)20-9-3-4-10-20/h7-8,12,16H,3-6,9-11H2,1-2H3. The molecule has 0 N–H and O–H groups in total. The van der Waals surface area contributed by atoms with Gasteiger partial charge in [0.1, 0.15) is 11.6 Å². The summed E-state index contributed by atoms with van der Waals surface area (Å²) in [6.45, 7) is 1.96. The van der Waals surface area contributed by atoms with Crippen molar-refractivity contribution in [2.45, 2.75) is 31.7 Å². The van der Waals surface area contributed by atoms with E-state index in [1.165, 1.54) is 6.07 Å². The number of carbonyl (C=O) groups is 2. The van der Waals surface area contributed by atoms with Gasteiger partial charge in [0, 0.05) is 45.5 Å². The van der Waals surface area contributed by atoms with Crippen LogP contribution in [0.1, 0.15) is 36.0 Å². The number of hydrogen-bond acceptors (Lipinski definition) is 5. The number of nitrogens with zero attached hydrogens (tertiary/aromatic N) is 4. The molecule has 8 nitrogen and oxygen atoms in total. The molecule has 2 heterocycles. The normalized spacial score (nSPS) is 19.7. The molecule has 0 aromatic heterocycles. The van der Waals surface area contributed by atoms with Crippen molar-refractivity contribution in [2.24, 2.45) is 0 Å². The first kappa shape index (κ1) is 18.2. The molecular weight excluding hydrogens is 336 g/mol. The van der Waals surface area contributed by atoms with Gasteiger partial charge in [-0.2, -0.15) is 0 Å². The minimum atomic E-state index is -0.514. The van der Waals surface area contributed by atoms with Crippen molar-refractivity contribution >= 4 is 23.2 Å². The van der Waals surface area contributed by atoms with Gasteiger partial charge < -0.3 is 14.7 Å². The van der Waals surface area contributed by atoms with E-state index in [-0.39, 0.29) is 29.1 Å². The summed E-state index contributed by atoms with van der Waals surface area (Å²) < 4.78 is 0. The lowest BCUT2D eigenvalue weighted by atomic mass is 10.1. The van der Waals surface area contributed by atoms with Crippen LogP contribution in [0.25, 0.3) is 0 Å². The number of nitro benzene ring substituents is 1. The monoisotopic (exact) mass is 360 g/mol. The number of carbonyl (C=O) groups excluding carboxylic acids is 2. The fraction of sp³-hybridized carbons (Fsp3) is 0.556. The van der Waals surface area contributed by atoms with Crippen LogP contribution >= 0.6 is 0 Å². The first-order valence-corrected chi connectivity index (χ1v) is 8.95. The summed E-state index contributed by atoms with van der Waals surface area (Å²) >= 11 is 0. The van der Waals surface area contributed by atoms with Gasteiger partial charge in [-0.3, -0.25) is 19.7 Å². The molecule has 1 atom stereocenters. The highest BCUT2D eigenvalue weighted by molar-refractivity contribution is 5.99. The zero-order chi connectivity index (χ0) is 18.8. The lowest BCUT2D eigenvalue weighted by molar-refractivity contribution is -0.385. The van der Waals surface area contributed by atoms with E-state index < -0.39 is 4.92 Å². The second-order valence-electron chi connectivity index (χ2n) is 7.04. The Morgan fingerprint density at radius 3 is 2.46 bits per heavy atom. The third kappa shape index (κ3) is 3.36.